The first kappa shape index (κ1) is 85.7. The molecule has 28 atom stereocenters. The molecule has 0 aromatic heterocycles. The van der Waals surface area contributed by atoms with Crippen molar-refractivity contribution < 1.29 is 163 Å². The van der Waals surface area contributed by atoms with Crippen LogP contribution < -0.4 is 16.0 Å². The van der Waals surface area contributed by atoms with Crippen LogP contribution in [0.1, 0.15) is 137 Å². The van der Waals surface area contributed by atoms with Crippen LogP contribution in [0.15, 0.2) is 12.2 Å². The Morgan fingerprint density at radius 3 is 1.58 bits per heavy atom. The molecule has 20 N–H and O–H groups in total. The summed E-state index contributed by atoms with van der Waals surface area (Å²) < 4.78 is 64.3. The highest BCUT2D eigenvalue weighted by Gasteiger charge is 2.62. The number of carboxylic acids is 1. The van der Waals surface area contributed by atoms with Crippen LogP contribution in [0.25, 0.3) is 0 Å². The summed E-state index contributed by atoms with van der Waals surface area (Å²) >= 11 is 0. The summed E-state index contributed by atoms with van der Waals surface area (Å²) in [5, 5.41) is 195. The van der Waals surface area contributed by atoms with Gasteiger partial charge in [0, 0.05) is 32.8 Å². The maximum Gasteiger partial charge on any atom is 0.364 e. The minimum absolute atomic E-state index is 0.00243. The molecule has 5 aliphatic rings. The Kier molecular flexibility index (Phi) is 37.0. The minimum Gasteiger partial charge on any atom is -0.477 e. The Balaban J connectivity index is 1.42. The third kappa shape index (κ3) is 24.3. The zero-order valence-electron chi connectivity index (χ0n) is 56.3. The maximum absolute atomic E-state index is 13.7. The minimum atomic E-state index is -3.40. The van der Waals surface area contributed by atoms with Crippen molar-refractivity contribution in [3.8, 4) is 0 Å². The van der Waals surface area contributed by atoms with Crippen LogP contribution in [0.3, 0.4) is 0 Å². The molecule has 5 fully saturated rings. The highest BCUT2D eigenvalue weighted by atomic mass is 16.8. The van der Waals surface area contributed by atoms with Gasteiger partial charge in [-0.3, -0.25) is 14.4 Å². The van der Waals surface area contributed by atoms with Crippen molar-refractivity contribution >= 4 is 29.7 Å². The molecule has 0 aliphatic carbocycles. The lowest BCUT2D eigenvalue weighted by Gasteiger charge is -2.52. The summed E-state index contributed by atoms with van der Waals surface area (Å²) in [6, 6.07) is -5.06. The summed E-state index contributed by atoms with van der Waals surface area (Å²) in [7, 11) is 0. The highest BCUT2D eigenvalue weighted by Crippen LogP contribution is 2.41. The molecular formula is C63H109N3O33. The van der Waals surface area contributed by atoms with Gasteiger partial charge < -0.3 is 155 Å². The molecule has 2 unspecified atom stereocenters. The van der Waals surface area contributed by atoms with Crippen molar-refractivity contribution in [2.75, 3.05) is 46.2 Å². The van der Waals surface area contributed by atoms with Gasteiger partial charge in [-0.1, -0.05) is 96.8 Å². The molecule has 0 bridgehead atoms. The lowest BCUT2D eigenvalue weighted by atomic mass is 9.88. The molecule has 36 heteroatoms. The van der Waals surface area contributed by atoms with Crippen LogP contribution in [-0.2, 0) is 76.1 Å². The summed E-state index contributed by atoms with van der Waals surface area (Å²) in [5.74, 6) is -8.74. The second kappa shape index (κ2) is 42.7. The Morgan fingerprint density at radius 2 is 1.03 bits per heavy atom. The van der Waals surface area contributed by atoms with Crippen LogP contribution in [0.2, 0.25) is 0 Å². The van der Waals surface area contributed by atoms with Crippen molar-refractivity contribution in [2.24, 2.45) is 0 Å². The Hall–Kier alpha value is -3.95. The largest absolute Gasteiger partial charge is 0.477 e. The molecule has 0 spiro atoms. The molecule has 5 rings (SSSR count). The summed E-state index contributed by atoms with van der Waals surface area (Å²) in [5.41, 5.74) is 0. The molecule has 0 saturated carbocycles. The monoisotopic (exact) mass is 1440 g/mol. The Bertz CT molecular complexity index is 2420. The number of ether oxygens (including phenoxy) is 11. The maximum atomic E-state index is 13.7. The van der Waals surface area contributed by atoms with E-state index in [9.17, 15) is 111 Å². The zero-order valence-corrected chi connectivity index (χ0v) is 56.3. The standard InChI is InChI=1S/C63H109N3O33/c1-5-7-8-9-10-11-12-13-14-15-16-17-18-19-20-21-41(77)66-33(34(74)22-23-42(78)89-6-2)30-90-59-51(85)49(83)53(39(28-70)93-59)95-61-52(86)57(99-63(62(87)88)24-35(75)43(64-31(3)72)56(98-63)45(79)36(76)25-67)54(40(29-71)94-61)96-58-44(65-32(4)73)55(47(81)38(27-69)91-58)97-60-50(84)48(82)46(80)37(26-68)92-60/h22-23,33-40,43-61,67-71,74-76,79-86H,5-21,24-30H2,1-4H3,(H,64,72)(H,65,73)(H,66,77)(H,87,88)/b23-22+/t33-,34+,35-,36+,37+,38+,39+,40+,43?,44+,45+,46-,47-,48-,49+,50+,51+,52+,53+,54-,55+,56?,57+,58-,59+,60-,61-,63-/m0/s1. The van der Waals surface area contributed by atoms with E-state index in [2.05, 4.69) is 22.9 Å². The molecule has 574 valence electrons. The highest BCUT2D eigenvalue weighted by molar-refractivity contribution is 5.82. The van der Waals surface area contributed by atoms with Gasteiger partial charge in [-0.15, -0.1) is 0 Å². The fraction of sp³-hybridized carbons (Fsp3) is 0.889. The number of hydrogen-bond donors (Lipinski definition) is 20. The van der Waals surface area contributed by atoms with Gasteiger partial charge >= 0.3 is 11.9 Å². The van der Waals surface area contributed by atoms with E-state index in [1.807, 2.05) is 0 Å². The molecular weight excluding hydrogens is 1330 g/mol. The second-order valence-electron chi connectivity index (χ2n) is 25.6. The zero-order chi connectivity index (χ0) is 73.3. The summed E-state index contributed by atoms with van der Waals surface area (Å²) in [4.78, 5) is 64.8. The number of carbonyl (C=O) groups excluding carboxylic acids is 4. The van der Waals surface area contributed by atoms with E-state index in [4.69, 9.17) is 52.1 Å². The predicted octanol–water partition coefficient (Wildman–Crippen LogP) is -6.18. The number of carbonyl (C=O) groups is 5. The molecule has 5 aliphatic heterocycles. The van der Waals surface area contributed by atoms with Gasteiger partial charge in [-0.25, -0.2) is 9.59 Å². The molecule has 5 saturated heterocycles. The van der Waals surface area contributed by atoms with Crippen LogP contribution in [0.5, 0.6) is 0 Å². The third-order valence-corrected chi connectivity index (χ3v) is 18.0. The van der Waals surface area contributed by atoms with Gasteiger partial charge in [0.15, 0.2) is 25.2 Å². The summed E-state index contributed by atoms with van der Waals surface area (Å²) in [6.45, 7) is -0.661. The van der Waals surface area contributed by atoms with E-state index in [-0.39, 0.29) is 13.0 Å². The topological polar surface area (TPSA) is 567 Å². The molecule has 0 radical (unpaired) electrons. The first-order valence-corrected chi connectivity index (χ1v) is 34.2. The van der Waals surface area contributed by atoms with Gasteiger partial charge in [0.25, 0.3) is 5.79 Å². The number of rotatable bonds is 42. The van der Waals surface area contributed by atoms with E-state index in [1.54, 1.807) is 6.92 Å². The van der Waals surface area contributed by atoms with Gasteiger partial charge in [0.2, 0.25) is 17.7 Å². The van der Waals surface area contributed by atoms with Crippen molar-refractivity contribution in [3.05, 3.63) is 12.2 Å². The van der Waals surface area contributed by atoms with E-state index >= 15 is 0 Å². The molecule has 3 amide bonds. The predicted molar refractivity (Wildman–Crippen MR) is 334 cm³/mol. The van der Waals surface area contributed by atoms with Crippen LogP contribution >= 0.6 is 0 Å². The SMILES string of the molecule is CCCCCCCCCCCCCCCCCC(=O)N[C@@H](CO[C@@H]1O[C@H](CO)[C@@H](O[C@@H]2O[C@H](CO)[C@H](O[C@@H]3O[C@H](CO)[C@H](O)[C@H](O[C@@H]4O[C@H](CO)[C@H](O)[C@H](O)[C@H]4O)[C@H]3NC(C)=O)[C@H](O[C@]3(C(=O)O)C[C@H](O)C(NC(C)=O)C([C@H](O)[C@H](O)CO)O3)[C@H]2O)[C@H](O)[C@H]1O)[C@H](O)/C=C/C(=O)OCC. The molecule has 5 heterocycles. The summed E-state index contributed by atoms with van der Waals surface area (Å²) in [6.07, 6.45) is -33.1. The van der Waals surface area contributed by atoms with E-state index < -0.39 is 247 Å². The average molecular weight is 1440 g/mol. The number of nitrogens with one attached hydrogen (secondary N) is 3. The van der Waals surface area contributed by atoms with Crippen LogP contribution in [0, 0.1) is 0 Å². The third-order valence-electron chi connectivity index (χ3n) is 18.0. The van der Waals surface area contributed by atoms with Gasteiger partial charge in [0.05, 0.1) is 70.5 Å². The van der Waals surface area contributed by atoms with Gasteiger partial charge in [0.1, 0.15) is 116 Å². The number of aliphatic carboxylic acids is 1. The smallest absolute Gasteiger partial charge is 0.364 e. The molecule has 0 aromatic rings. The first-order chi connectivity index (χ1) is 47.1. The van der Waals surface area contributed by atoms with Crippen molar-refractivity contribution in [1.82, 2.24) is 16.0 Å². The first-order valence-electron chi connectivity index (χ1n) is 34.2. The molecule has 0 aromatic carbocycles. The number of unbranched alkanes of at least 4 members (excludes halogenated alkanes) is 14. The quantitative estimate of drug-likeness (QED) is 0.0154. The molecule has 36 nitrogen and oxygen atoms in total. The van der Waals surface area contributed by atoms with E-state index in [0.29, 0.717) is 6.42 Å². The lowest BCUT2D eigenvalue weighted by Crippen LogP contribution is -2.72. The fourth-order valence-electron chi connectivity index (χ4n) is 12.5. The van der Waals surface area contributed by atoms with E-state index in [0.717, 1.165) is 58.1 Å². The second-order valence-corrected chi connectivity index (χ2v) is 25.6. The van der Waals surface area contributed by atoms with E-state index in [1.165, 1.54) is 57.8 Å². The van der Waals surface area contributed by atoms with Gasteiger partial charge in [-0.2, -0.15) is 0 Å². The van der Waals surface area contributed by atoms with Crippen LogP contribution in [0.4, 0.5) is 0 Å². The number of carboxylic acid groups (broad SMARTS) is 1. The average Bonchev–Trinajstić information content (AvgIpc) is 0.752. The number of aliphatic hydroxyl groups excluding tert-OH is 16. The van der Waals surface area contributed by atoms with Crippen molar-refractivity contribution in [1.29, 1.82) is 0 Å². The molecule has 99 heavy (non-hydrogen) atoms. The Morgan fingerprint density at radius 1 is 0.545 bits per heavy atom. The number of esters is 1. The number of hydrogen-bond acceptors (Lipinski definition) is 32. The number of aliphatic hydroxyl groups is 16. The van der Waals surface area contributed by atoms with Crippen molar-refractivity contribution in [2.45, 2.75) is 308 Å². The van der Waals surface area contributed by atoms with Crippen LogP contribution in [-0.4, -0.2) is 334 Å². The lowest BCUT2D eigenvalue weighted by molar-refractivity contribution is -0.403. The van der Waals surface area contributed by atoms with Gasteiger partial charge in [-0.05, 0) is 19.4 Å². The normalized spacial score (nSPS) is 36.3. The fourth-order valence-corrected chi connectivity index (χ4v) is 12.5. The number of amides is 3. The Labute approximate surface area is 573 Å². The van der Waals surface area contributed by atoms with Crippen molar-refractivity contribution in [3.63, 3.8) is 0 Å².